The van der Waals surface area contributed by atoms with Gasteiger partial charge >= 0.3 is 0 Å². The molecule has 8 heteroatoms. The molecule has 0 bridgehead atoms. The Morgan fingerprint density at radius 3 is 2.39 bits per heavy atom. The monoisotopic (exact) mass is 622 g/mol. The molecule has 1 saturated heterocycles. The summed E-state index contributed by atoms with van der Waals surface area (Å²) in [6, 6.07) is 3.87. The van der Waals surface area contributed by atoms with Gasteiger partial charge in [0.25, 0.3) is 5.91 Å². The summed E-state index contributed by atoms with van der Waals surface area (Å²) in [7, 11) is 0. The first kappa shape index (κ1) is 28.9. The van der Waals surface area contributed by atoms with Crippen molar-refractivity contribution in [3.63, 3.8) is 0 Å². The zero-order valence-corrected chi connectivity index (χ0v) is 24.4. The Bertz CT molecular complexity index is 1000. The lowest BCUT2D eigenvalue weighted by Crippen LogP contribution is -2.21. The molecule has 1 fully saturated rings. The maximum absolute atomic E-state index is 12.5. The van der Waals surface area contributed by atoms with Gasteiger partial charge in [-0.1, -0.05) is 18.2 Å². The van der Waals surface area contributed by atoms with Crippen LogP contribution < -0.4 is 10.1 Å². The third-order valence-electron chi connectivity index (χ3n) is 6.07. The van der Waals surface area contributed by atoms with E-state index in [0.717, 1.165) is 50.9 Å². The van der Waals surface area contributed by atoms with E-state index in [0.29, 0.717) is 37.8 Å². The predicted molar refractivity (Wildman–Crippen MR) is 152 cm³/mol. The van der Waals surface area contributed by atoms with Crippen molar-refractivity contribution < 1.29 is 19.0 Å². The Hall–Kier alpha value is -1.71. The van der Waals surface area contributed by atoms with E-state index < -0.39 is 0 Å². The highest BCUT2D eigenvalue weighted by Gasteiger charge is 2.23. The topological polar surface area (TPSA) is 60.0 Å². The van der Waals surface area contributed by atoms with Crippen LogP contribution in [0.5, 0.6) is 5.75 Å². The Morgan fingerprint density at radius 1 is 1.08 bits per heavy atom. The van der Waals surface area contributed by atoms with Gasteiger partial charge in [-0.15, -0.1) is 0 Å². The first-order valence-electron chi connectivity index (χ1n) is 12.4. The van der Waals surface area contributed by atoms with Crippen LogP contribution in [-0.2, 0) is 14.3 Å². The number of hydrogen-bond donors (Lipinski definition) is 1. The van der Waals surface area contributed by atoms with E-state index in [2.05, 4.69) is 48.7 Å². The molecule has 0 aliphatic carbocycles. The predicted octanol–water partition coefficient (Wildman–Crippen LogP) is 6.03. The van der Waals surface area contributed by atoms with Crippen molar-refractivity contribution in [2.24, 2.45) is 0 Å². The second-order valence-electron chi connectivity index (χ2n) is 8.93. The van der Waals surface area contributed by atoms with Crippen LogP contribution in [0.4, 0.5) is 0 Å². The summed E-state index contributed by atoms with van der Waals surface area (Å²) < 4.78 is 18.8. The Labute approximate surface area is 231 Å². The molecule has 36 heavy (non-hydrogen) atoms. The van der Waals surface area contributed by atoms with Gasteiger partial charge in [0.15, 0.2) is 0 Å². The number of nitrogens with one attached hydrogen (secondary N) is 1. The van der Waals surface area contributed by atoms with Crippen LogP contribution >= 0.6 is 31.9 Å². The lowest BCUT2D eigenvalue weighted by Gasteiger charge is -2.14. The van der Waals surface area contributed by atoms with E-state index in [9.17, 15) is 4.79 Å². The van der Waals surface area contributed by atoms with Gasteiger partial charge in [0.1, 0.15) is 12.4 Å². The van der Waals surface area contributed by atoms with Crippen LogP contribution in [0, 0.1) is 0 Å². The molecule has 0 spiro atoms. The fourth-order valence-corrected chi connectivity index (χ4v) is 5.58. The molecule has 2 heterocycles. The number of likely N-dealkylation sites (tertiary alicyclic amines) is 1. The van der Waals surface area contributed by atoms with Gasteiger partial charge in [-0.3, -0.25) is 4.79 Å². The molecule has 0 radical (unpaired) electrons. The van der Waals surface area contributed by atoms with Crippen molar-refractivity contribution in [3.8, 4) is 5.75 Å². The zero-order chi connectivity index (χ0) is 25.9. The number of carbonyl (C=O) groups excluding carboxylic acids is 1. The number of rotatable bonds is 14. The number of amides is 1. The highest BCUT2D eigenvalue weighted by molar-refractivity contribution is 9.11. The normalized spacial score (nSPS) is 17.8. The van der Waals surface area contributed by atoms with E-state index in [4.69, 9.17) is 14.2 Å². The van der Waals surface area contributed by atoms with Crippen LogP contribution in [0.25, 0.3) is 6.08 Å². The van der Waals surface area contributed by atoms with Crippen LogP contribution in [0.2, 0.25) is 0 Å². The molecule has 2 aliphatic rings. The number of carbonyl (C=O) groups is 1. The number of allylic oxidation sites excluding steroid dienone is 4. The van der Waals surface area contributed by atoms with Crippen LogP contribution in [0.1, 0.15) is 38.7 Å². The highest BCUT2D eigenvalue weighted by Crippen LogP contribution is 2.36. The van der Waals surface area contributed by atoms with Crippen molar-refractivity contribution in [1.82, 2.24) is 10.2 Å². The van der Waals surface area contributed by atoms with Gasteiger partial charge in [-0.2, -0.15) is 0 Å². The average molecular weight is 624 g/mol. The molecule has 0 aromatic heterocycles. The first-order valence-corrected chi connectivity index (χ1v) is 14.0. The second-order valence-corrected chi connectivity index (χ2v) is 10.6. The van der Waals surface area contributed by atoms with Crippen LogP contribution in [-0.4, -0.2) is 63.5 Å². The van der Waals surface area contributed by atoms with E-state index in [1.165, 1.54) is 25.9 Å². The summed E-state index contributed by atoms with van der Waals surface area (Å²) in [6.45, 7) is 14.1. The van der Waals surface area contributed by atoms with E-state index in [-0.39, 0.29) is 5.91 Å². The molecule has 0 unspecified atom stereocenters. The van der Waals surface area contributed by atoms with E-state index >= 15 is 0 Å². The fraction of sp³-hybridized carbons (Fsp3) is 0.464. The smallest absolute Gasteiger partial charge is 0.256 e. The molecule has 1 amide bonds. The number of halogens is 2. The van der Waals surface area contributed by atoms with Gasteiger partial charge < -0.3 is 24.4 Å². The molecule has 0 saturated carbocycles. The molecule has 6 nitrogen and oxygen atoms in total. The van der Waals surface area contributed by atoms with Crippen LogP contribution in [0.3, 0.4) is 0 Å². The summed E-state index contributed by atoms with van der Waals surface area (Å²) in [6.07, 6.45) is 9.35. The largest absolute Gasteiger partial charge is 0.489 e. The summed E-state index contributed by atoms with van der Waals surface area (Å²) >= 11 is 7.19. The Balaban J connectivity index is 1.43. The lowest BCUT2D eigenvalue weighted by atomic mass is 10.0. The number of hydrogen-bond acceptors (Lipinski definition) is 5. The molecular weight excluding hydrogens is 588 g/mol. The molecule has 1 aromatic rings. The zero-order valence-electron chi connectivity index (χ0n) is 21.2. The summed E-state index contributed by atoms with van der Waals surface area (Å²) in [5, 5.41) is 2.90. The van der Waals surface area contributed by atoms with Crippen LogP contribution in [0.15, 0.2) is 62.2 Å². The van der Waals surface area contributed by atoms with Crippen molar-refractivity contribution in [3.05, 3.63) is 67.8 Å². The van der Waals surface area contributed by atoms with Gasteiger partial charge in [-0.05, 0) is 108 Å². The standard InChI is InChI=1S/C28H36Br2N2O4/c1-4-20(2)16-23-21(3)31-28(33)24(23)17-22-18-25(29)27(26(30)19-22)36-15-14-35-13-12-34-11-7-10-32-8-5-6-9-32/h4,16-19H,1,5-15H2,2-3H3,(H,31,33)/b20-16-,24-17-. The minimum atomic E-state index is -0.115. The molecular formula is C28H36Br2N2O4. The lowest BCUT2D eigenvalue weighted by molar-refractivity contribution is -0.115. The summed E-state index contributed by atoms with van der Waals surface area (Å²) in [4.78, 5) is 15.0. The third-order valence-corrected chi connectivity index (χ3v) is 7.25. The maximum Gasteiger partial charge on any atom is 0.256 e. The second kappa shape index (κ2) is 14.9. The van der Waals surface area contributed by atoms with E-state index in [1.54, 1.807) is 6.08 Å². The average Bonchev–Trinajstić information content (AvgIpc) is 3.45. The molecule has 0 atom stereocenters. The van der Waals surface area contributed by atoms with Crippen molar-refractivity contribution in [1.29, 1.82) is 0 Å². The Morgan fingerprint density at radius 2 is 1.72 bits per heavy atom. The minimum absolute atomic E-state index is 0.115. The molecule has 1 aromatic carbocycles. The fourth-order valence-electron chi connectivity index (χ4n) is 4.13. The summed E-state index contributed by atoms with van der Waals surface area (Å²) in [5.74, 6) is 0.583. The van der Waals surface area contributed by atoms with Crippen molar-refractivity contribution in [2.45, 2.75) is 33.1 Å². The molecule has 196 valence electrons. The molecule has 1 N–H and O–H groups in total. The third kappa shape index (κ3) is 8.70. The van der Waals surface area contributed by atoms with Gasteiger partial charge in [0, 0.05) is 30.0 Å². The molecule has 3 rings (SSSR count). The first-order chi connectivity index (χ1) is 17.4. The van der Waals surface area contributed by atoms with E-state index in [1.807, 2.05) is 38.1 Å². The Kier molecular flexibility index (Phi) is 11.9. The van der Waals surface area contributed by atoms with Crippen molar-refractivity contribution in [2.75, 3.05) is 52.7 Å². The number of ether oxygens (including phenoxy) is 3. The van der Waals surface area contributed by atoms with Gasteiger partial charge in [-0.25, -0.2) is 0 Å². The SMILES string of the molecule is C=C/C(C)=C\C1=C(C)NC(=O)/C1=C\c1cc(Br)c(OCCOCCOCCCN2CCCC2)c(Br)c1. The molecule has 2 aliphatic heterocycles. The minimum Gasteiger partial charge on any atom is -0.489 e. The van der Waals surface area contributed by atoms with Crippen molar-refractivity contribution >= 4 is 43.8 Å². The van der Waals surface area contributed by atoms with Gasteiger partial charge in [0.05, 0.1) is 28.8 Å². The quantitative estimate of drug-likeness (QED) is 0.156. The number of nitrogens with zero attached hydrogens (tertiary/aromatic N) is 1. The number of benzene rings is 1. The van der Waals surface area contributed by atoms with Gasteiger partial charge in [0.2, 0.25) is 0 Å². The highest BCUT2D eigenvalue weighted by atomic mass is 79.9. The maximum atomic E-state index is 12.5. The summed E-state index contributed by atoms with van der Waals surface area (Å²) in [5.41, 5.74) is 4.19.